The molecular weight excluding hydrogens is 444 g/mol. The Morgan fingerprint density at radius 2 is 1.79 bits per heavy atom. The van der Waals surface area contributed by atoms with E-state index in [0.717, 1.165) is 9.37 Å². The van der Waals surface area contributed by atoms with Gasteiger partial charge in [-0.05, 0) is 36.4 Å². The second-order valence-electron chi connectivity index (χ2n) is 5.84. The number of methoxy groups -OCH3 is 1. The van der Waals surface area contributed by atoms with Crippen LogP contribution in [0.5, 0.6) is 5.75 Å². The van der Waals surface area contributed by atoms with Gasteiger partial charge in [0.25, 0.3) is 11.8 Å². The normalized spacial score (nSPS) is 15.3. The number of hydrogen-bond donors (Lipinski definition) is 1. The number of carbonyl (C=O) groups excluding carboxylic acids is 4. The molecule has 0 spiro atoms. The van der Waals surface area contributed by atoms with Crippen molar-refractivity contribution in [2.75, 3.05) is 18.6 Å². The highest BCUT2D eigenvalue weighted by atomic mass is 79.9. The molecule has 1 fully saturated rings. The van der Waals surface area contributed by atoms with Gasteiger partial charge < -0.3 is 9.47 Å². The number of barbiturate groups is 1. The summed E-state index contributed by atoms with van der Waals surface area (Å²) in [5.41, 5.74) is 0.450. The smallest absolute Gasteiger partial charge is 0.343 e. The first-order valence-electron chi connectivity index (χ1n) is 8.36. The minimum absolute atomic E-state index is 0.248. The zero-order chi connectivity index (χ0) is 21.0. The lowest BCUT2D eigenvalue weighted by atomic mass is 10.1. The molecule has 0 atom stereocenters. The second kappa shape index (κ2) is 8.70. The molecule has 148 valence electrons. The Labute approximate surface area is 174 Å². The monoisotopic (exact) mass is 458 g/mol. The summed E-state index contributed by atoms with van der Waals surface area (Å²) in [5, 5.41) is 2.15. The second-order valence-corrected chi connectivity index (χ2v) is 6.75. The van der Waals surface area contributed by atoms with E-state index < -0.39 is 23.8 Å². The molecule has 1 N–H and O–H groups in total. The highest BCUT2D eigenvalue weighted by Gasteiger charge is 2.36. The van der Waals surface area contributed by atoms with Crippen molar-refractivity contribution < 1.29 is 28.7 Å². The van der Waals surface area contributed by atoms with E-state index in [9.17, 15) is 19.2 Å². The van der Waals surface area contributed by atoms with Crippen LogP contribution in [0, 0.1) is 0 Å². The molecule has 0 aliphatic carbocycles. The van der Waals surface area contributed by atoms with E-state index in [0.29, 0.717) is 11.3 Å². The molecule has 2 aromatic carbocycles. The summed E-state index contributed by atoms with van der Waals surface area (Å²) in [4.78, 5) is 49.6. The fourth-order valence-corrected chi connectivity index (χ4v) is 2.83. The number of nitrogens with one attached hydrogen (secondary N) is 1. The van der Waals surface area contributed by atoms with Gasteiger partial charge in [-0.25, -0.2) is 14.5 Å². The molecule has 0 bridgehead atoms. The van der Waals surface area contributed by atoms with Crippen LogP contribution in [0.25, 0.3) is 6.08 Å². The third-order valence-electron chi connectivity index (χ3n) is 3.98. The lowest BCUT2D eigenvalue weighted by Gasteiger charge is -2.26. The summed E-state index contributed by atoms with van der Waals surface area (Å²) in [6, 6.07) is 12.2. The van der Waals surface area contributed by atoms with Gasteiger partial charge in [0.1, 0.15) is 11.3 Å². The quantitative estimate of drug-likeness (QED) is 0.419. The number of urea groups is 1. The van der Waals surface area contributed by atoms with Crippen molar-refractivity contribution in [1.82, 2.24) is 5.32 Å². The van der Waals surface area contributed by atoms with Crippen molar-refractivity contribution in [2.24, 2.45) is 0 Å². The SMILES string of the molecule is COC(=O)COc1ccccc1/C=C1\C(=O)NC(=O)N(c2ccc(Br)cc2)C1=O. The zero-order valence-electron chi connectivity index (χ0n) is 15.2. The Morgan fingerprint density at radius 3 is 2.48 bits per heavy atom. The maximum absolute atomic E-state index is 12.9. The Kier molecular flexibility index (Phi) is 6.08. The Hall–Kier alpha value is -3.46. The summed E-state index contributed by atoms with van der Waals surface area (Å²) >= 11 is 3.29. The number of benzene rings is 2. The van der Waals surface area contributed by atoms with Crippen molar-refractivity contribution in [3.63, 3.8) is 0 Å². The van der Waals surface area contributed by atoms with Crippen LogP contribution >= 0.6 is 15.9 Å². The molecule has 8 nitrogen and oxygen atoms in total. The van der Waals surface area contributed by atoms with Gasteiger partial charge in [0.15, 0.2) is 6.61 Å². The molecule has 29 heavy (non-hydrogen) atoms. The van der Waals surface area contributed by atoms with Crippen LogP contribution in [-0.4, -0.2) is 37.5 Å². The maximum Gasteiger partial charge on any atom is 0.343 e. The third-order valence-corrected chi connectivity index (χ3v) is 4.51. The van der Waals surface area contributed by atoms with E-state index >= 15 is 0 Å². The number of imide groups is 2. The molecule has 1 heterocycles. The topological polar surface area (TPSA) is 102 Å². The number of ether oxygens (including phenoxy) is 2. The molecule has 0 radical (unpaired) electrons. The van der Waals surface area contributed by atoms with E-state index in [1.807, 2.05) is 0 Å². The van der Waals surface area contributed by atoms with Gasteiger partial charge in [0.2, 0.25) is 0 Å². The molecular formula is C20H15BrN2O6. The third kappa shape index (κ3) is 4.52. The molecule has 1 saturated heterocycles. The van der Waals surface area contributed by atoms with Gasteiger partial charge in [-0.3, -0.25) is 14.9 Å². The van der Waals surface area contributed by atoms with Crippen LogP contribution in [-0.2, 0) is 19.1 Å². The first-order chi connectivity index (χ1) is 13.9. The van der Waals surface area contributed by atoms with Crippen molar-refractivity contribution in [1.29, 1.82) is 0 Å². The maximum atomic E-state index is 12.9. The summed E-state index contributed by atoms with van der Waals surface area (Å²) < 4.78 is 10.7. The number of halogens is 1. The van der Waals surface area contributed by atoms with Gasteiger partial charge in [0, 0.05) is 10.0 Å². The highest BCUT2D eigenvalue weighted by Crippen LogP contribution is 2.26. The molecule has 0 saturated carbocycles. The molecule has 0 aromatic heterocycles. The van der Waals surface area contributed by atoms with Crippen LogP contribution in [0.4, 0.5) is 10.5 Å². The van der Waals surface area contributed by atoms with Gasteiger partial charge >= 0.3 is 12.0 Å². The lowest BCUT2D eigenvalue weighted by Crippen LogP contribution is -2.54. The minimum atomic E-state index is -0.838. The van der Waals surface area contributed by atoms with Gasteiger partial charge in [-0.2, -0.15) is 0 Å². The van der Waals surface area contributed by atoms with Gasteiger partial charge in [-0.15, -0.1) is 0 Å². The van der Waals surface area contributed by atoms with Crippen LogP contribution in [0.15, 0.2) is 58.6 Å². The lowest BCUT2D eigenvalue weighted by molar-refractivity contribution is -0.143. The number of para-hydroxylation sites is 1. The minimum Gasteiger partial charge on any atom is -0.481 e. The molecule has 0 unspecified atom stereocenters. The summed E-state index contributed by atoms with van der Waals surface area (Å²) in [5.74, 6) is -1.90. The van der Waals surface area contributed by atoms with Crippen LogP contribution in [0.2, 0.25) is 0 Å². The first-order valence-corrected chi connectivity index (χ1v) is 9.15. The number of esters is 1. The predicted molar refractivity (Wildman–Crippen MR) is 107 cm³/mol. The van der Waals surface area contributed by atoms with E-state index in [-0.39, 0.29) is 17.9 Å². The van der Waals surface area contributed by atoms with Crippen LogP contribution in [0.1, 0.15) is 5.56 Å². The average molecular weight is 459 g/mol. The molecule has 4 amide bonds. The number of nitrogens with zero attached hydrogens (tertiary/aromatic N) is 1. The Morgan fingerprint density at radius 1 is 1.10 bits per heavy atom. The first kappa shape index (κ1) is 20.3. The summed E-state index contributed by atoms with van der Waals surface area (Å²) in [6.07, 6.45) is 1.31. The fourth-order valence-electron chi connectivity index (χ4n) is 2.56. The van der Waals surface area contributed by atoms with E-state index in [1.165, 1.54) is 13.2 Å². The number of amides is 4. The van der Waals surface area contributed by atoms with E-state index in [4.69, 9.17) is 4.74 Å². The van der Waals surface area contributed by atoms with Crippen molar-refractivity contribution in [3.8, 4) is 5.75 Å². The average Bonchev–Trinajstić information content (AvgIpc) is 2.71. The number of anilines is 1. The number of rotatable bonds is 5. The number of carbonyl (C=O) groups is 4. The standard InChI is InChI=1S/C20H15BrN2O6/c1-28-17(24)11-29-16-5-3-2-4-12(16)10-15-18(25)22-20(27)23(19(15)26)14-8-6-13(21)7-9-14/h2-10H,11H2,1H3,(H,22,25,27)/b15-10+. The zero-order valence-corrected chi connectivity index (χ0v) is 16.8. The van der Waals surface area contributed by atoms with Crippen molar-refractivity contribution in [3.05, 3.63) is 64.1 Å². The van der Waals surface area contributed by atoms with Crippen molar-refractivity contribution in [2.45, 2.75) is 0 Å². The van der Waals surface area contributed by atoms with E-state index in [2.05, 4.69) is 26.0 Å². The van der Waals surface area contributed by atoms with Crippen LogP contribution < -0.4 is 15.0 Å². The summed E-state index contributed by atoms with van der Waals surface area (Å²) in [6.45, 7) is -0.333. The predicted octanol–water partition coefficient (Wildman–Crippen LogP) is 2.67. The Balaban J connectivity index is 1.95. The van der Waals surface area contributed by atoms with Crippen LogP contribution in [0.3, 0.4) is 0 Å². The molecule has 9 heteroatoms. The molecule has 1 aliphatic heterocycles. The van der Waals surface area contributed by atoms with Gasteiger partial charge in [0.05, 0.1) is 12.8 Å². The highest BCUT2D eigenvalue weighted by molar-refractivity contribution is 9.10. The van der Waals surface area contributed by atoms with Crippen molar-refractivity contribution >= 4 is 51.5 Å². The molecule has 3 rings (SSSR count). The fraction of sp³-hybridized carbons (Fsp3) is 0.100. The van der Waals surface area contributed by atoms with Gasteiger partial charge in [-0.1, -0.05) is 34.1 Å². The van der Waals surface area contributed by atoms with E-state index in [1.54, 1.807) is 48.5 Å². The number of hydrogen-bond acceptors (Lipinski definition) is 6. The Bertz CT molecular complexity index is 1020. The molecule has 1 aliphatic rings. The molecule has 2 aromatic rings. The largest absolute Gasteiger partial charge is 0.481 e. The summed E-state index contributed by atoms with van der Waals surface area (Å²) in [7, 11) is 1.23.